The molecule has 0 unspecified atom stereocenters. The maximum absolute atomic E-state index is 12.3. The van der Waals surface area contributed by atoms with E-state index in [0.717, 1.165) is 24.5 Å². The molecule has 0 saturated heterocycles. The van der Waals surface area contributed by atoms with E-state index in [1.807, 2.05) is 20.8 Å². The summed E-state index contributed by atoms with van der Waals surface area (Å²) in [5, 5.41) is 0. The largest absolute Gasteiger partial charge is 0.484 e. The van der Waals surface area contributed by atoms with Gasteiger partial charge in [-0.1, -0.05) is 0 Å². The van der Waals surface area contributed by atoms with Crippen LogP contribution >= 0.6 is 0 Å². The molecule has 7 heteroatoms. The number of hydrogen-bond acceptors (Lipinski definition) is 5. The van der Waals surface area contributed by atoms with Crippen molar-refractivity contribution < 1.29 is 13.2 Å². The van der Waals surface area contributed by atoms with Crippen LogP contribution in [-0.4, -0.2) is 40.2 Å². The lowest BCUT2D eigenvalue weighted by Crippen LogP contribution is -2.46. The Morgan fingerprint density at radius 1 is 1.41 bits per heavy atom. The van der Waals surface area contributed by atoms with Gasteiger partial charge in [0.1, 0.15) is 11.4 Å². The van der Waals surface area contributed by atoms with Gasteiger partial charge in [-0.2, -0.15) is 0 Å². The molecule has 0 saturated carbocycles. The predicted octanol–water partition coefficient (Wildman–Crippen LogP) is 1.31. The SMILES string of the molecule is CCN1CC(C)(C)Oc2ccc(S(=O)(=O)NCCCN)cc21. The Morgan fingerprint density at radius 2 is 2.14 bits per heavy atom. The molecule has 0 bridgehead atoms. The molecule has 0 aromatic heterocycles. The van der Waals surface area contributed by atoms with Crippen LogP contribution in [0.1, 0.15) is 27.2 Å². The van der Waals surface area contributed by atoms with Gasteiger partial charge >= 0.3 is 0 Å². The summed E-state index contributed by atoms with van der Waals surface area (Å²) < 4.78 is 33.1. The van der Waals surface area contributed by atoms with Gasteiger partial charge in [0.15, 0.2) is 0 Å². The average molecular weight is 327 g/mol. The number of anilines is 1. The number of benzene rings is 1. The number of rotatable bonds is 6. The number of likely N-dealkylation sites (N-methyl/N-ethyl adjacent to an activating group) is 1. The summed E-state index contributed by atoms with van der Waals surface area (Å²) in [7, 11) is -3.51. The molecular formula is C15H25N3O3S. The van der Waals surface area contributed by atoms with Crippen LogP contribution in [0.25, 0.3) is 0 Å². The van der Waals surface area contributed by atoms with Crippen molar-refractivity contribution in [2.24, 2.45) is 5.73 Å². The van der Waals surface area contributed by atoms with Crippen LogP contribution < -0.4 is 20.1 Å². The third kappa shape index (κ3) is 3.71. The van der Waals surface area contributed by atoms with Crippen molar-refractivity contribution in [3.63, 3.8) is 0 Å². The molecule has 1 heterocycles. The normalized spacial score (nSPS) is 17.0. The molecule has 0 atom stereocenters. The third-order valence-corrected chi connectivity index (χ3v) is 5.05. The van der Waals surface area contributed by atoms with Gasteiger partial charge in [0.25, 0.3) is 0 Å². The fourth-order valence-electron chi connectivity index (χ4n) is 2.55. The molecular weight excluding hydrogens is 302 g/mol. The fourth-order valence-corrected chi connectivity index (χ4v) is 3.64. The maximum atomic E-state index is 12.3. The van der Waals surface area contributed by atoms with Crippen LogP contribution in [0.15, 0.2) is 23.1 Å². The molecule has 0 spiro atoms. The monoisotopic (exact) mass is 327 g/mol. The summed E-state index contributed by atoms with van der Waals surface area (Å²) in [6, 6.07) is 4.99. The minimum absolute atomic E-state index is 0.255. The Labute approximate surface area is 132 Å². The van der Waals surface area contributed by atoms with Crippen LogP contribution in [0.2, 0.25) is 0 Å². The van der Waals surface area contributed by atoms with Crippen LogP contribution in [0.4, 0.5) is 5.69 Å². The van der Waals surface area contributed by atoms with Crippen molar-refractivity contribution in [3.8, 4) is 5.75 Å². The van der Waals surface area contributed by atoms with E-state index in [1.54, 1.807) is 18.2 Å². The number of sulfonamides is 1. The Kier molecular flexibility index (Phi) is 4.99. The van der Waals surface area contributed by atoms with Gasteiger partial charge in [0.2, 0.25) is 10.0 Å². The molecule has 22 heavy (non-hydrogen) atoms. The van der Waals surface area contributed by atoms with E-state index in [0.29, 0.717) is 19.5 Å². The van der Waals surface area contributed by atoms with Gasteiger partial charge in [-0.15, -0.1) is 0 Å². The topological polar surface area (TPSA) is 84.7 Å². The first-order valence-electron chi connectivity index (χ1n) is 7.57. The second kappa shape index (κ2) is 6.44. The Balaban J connectivity index is 2.31. The summed E-state index contributed by atoms with van der Waals surface area (Å²) in [6.45, 7) is 8.42. The van der Waals surface area contributed by atoms with E-state index in [1.165, 1.54) is 0 Å². The molecule has 1 aliphatic rings. The number of fused-ring (bicyclic) bond motifs is 1. The summed E-state index contributed by atoms with van der Waals surface area (Å²) >= 11 is 0. The molecule has 3 N–H and O–H groups in total. The lowest BCUT2D eigenvalue weighted by molar-refractivity contribution is 0.105. The van der Waals surface area contributed by atoms with Gasteiger partial charge in [-0.05, 0) is 51.9 Å². The lowest BCUT2D eigenvalue weighted by atomic mass is 10.1. The smallest absolute Gasteiger partial charge is 0.240 e. The first kappa shape index (κ1) is 17.1. The molecule has 6 nitrogen and oxygen atoms in total. The van der Waals surface area contributed by atoms with E-state index in [4.69, 9.17) is 10.5 Å². The molecule has 0 fully saturated rings. The molecule has 0 radical (unpaired) electrons. The van der Waals surface area contributed by atoms with Gasteiger partial charge in [0, 0.05) is 13.1 Å². The van der Waals surface area contributed by atoms with E-state index in [-0.39, 0.29) is 10.5 Å². The van der Waals surface area contributed by atoms with Gasteiger partial charge < -0.3 is 15.4 Å². The van der Waals surface area contributed by atoms with Crippen LogP contribution in [0, 0.1) is 0 Å². The van der Waals surface area contributed by atoms with Gasteiger partial charge in [0.05, 0.1) is 17.1 Å². The van der Waals surface area contributed by atoms with Crippen molar-refractivity contribution in [2.75, 3.05) is 31.1 Å². The highest BCUT2D eigenvalue weighted by Crippen LogP contribution is 2.38. The molecule has 1 aromatic rings. The fraction of sp³-hybridized carbons (Fsp3) is 0.600. The molecule has 2 rings (SSSR count). The number of nitrogens with two attached hydrogens (primary N) is 1. The summed E-state index contributed by atoms with van der Waals surface area (Å²) in [5.74, 6) is 0.721. The Morgan fingerprint density at radius 3 is 2.77 bits per heavy atom. The number of hydrogen-bond donors (Lipinski definition) is 2. The number of nitrogens with zero attached hydrogens (tertiary/aromatic N) is 1. The predicted molar refractivity (Wildman–Crippen MR) is 87.9 cm³/mol. The van der Waals surface area contributed by atoms with Crippen LogP contribution in [-0.2, 0) is 10.0 Å². The number of ether oxygens (including phenoxy) is 1. The average Bonchev–Trinajstić information content (AvgIpc) is 2.45. The zero-order valence-corrected chi connectivity index (χ0v) is 14.2. The quantitative estimate of drug-likeness (QED) is 0.770. The molecule has 124 valence electrons. The first-order chi connectivity index (χ1) is 10.3. The first-order valence-corrected chi connectivity index (χ1v) is 9.05. The maximum Gasteiger partial charge on any atom is 0.240 e. The van der Waals surface area contributed by atoms with E-state index in [2.05, 4.69) is 9.62 Å². The van der Waals surface area contributed by atoms with Crippen molar-refractivity contribution in [2.45, 2.75) is 37.7 Å². The van der Waals surface area contributed by atoms with E-state index in [9.17, 15) is 8.42 Å². The highest BCUT2D eigenvalue weighted by Gasteiger charge is 2.31. The number of nitrogens with one attached hydrogen (secondary N) is 1. The third-order valence-electron chi connectivity index (χ3n) is 3.59. The van der Waals surface area contributed by atoms with Crippen molar-refractivity contribution in [1.82, 2.24) is 4.72 Å². The van der Waals surface area contributed by atoms with Crippen LogP contribution in [0.3, 0.4) is 0 Å². The lowest BCUT2D eigenvalue weighted by Gasteiger charge is -2.40. The summed E-state index contributed by atoms with van der Waals surface area (Å²) in [5.41, 5.74) is 5.93. The van der Waals surface area contributed by atoms with Gasteiger partial charge in [-0.3, -0.25) is 0 Å². The Hall–Kier alpha value is -1.31. The van der Waals surface area contributed by atoms with Crippen LogP contribution in [0.5, 0.6) is 5.75 Å². The van der Waals surface area contributed by atoms with Crippen molar-refractivity contribution in [1.29, 1.82) is 0 Å². The van der Waals surface area contributed by atoms with E-state index < -0.39 is 10.0 Å². The summed E-state index contributed by atoms with van der Waals surface area (Å²) in [6.07, 6.45) is 0.614. The highest BCUT2D eigenvalue weighted by molar-refractivity contribution is 7.89. The minimum atomic E-state index is -3.51. The zero-order chi connectivity index (χ0) is 16.4. The standard InChI is InChI=1S/C15H25N3O3S/c1-4-18-11-15(2,3)21-14-7-6-12(10-13(14)18)22(19,20)17-9-5-8-16/h6-7,10,17H,4-5,8-9,11,16H2,1-3H3. The van der Waals surface area contributed by atoms with E-state index >= 15 is 0 Å². The van der Waals surface area contributed by atoms with Crippen molar-refractivity contribution in [3.05, 3.63) is 18.2 Å². The van der Waals surface area contributed by atoms with Crippen molar-refractivity contribution >= 4 is 15.7 Å². The van der Waals surface area contributed by atoms with Gasteiger partial charge in [-0.25, -0.2) is 13.1 Å². The molecule has 1 aliphatic heterocycles. The molecule has 1 aromatic carbocycles. The second-order valence-corrected chi connectivity index (χ2v) is 7.81. The second-order valence-electron chi connectivity index (χ2n) is 6.05. The highest BCUT2D eigenvalue weighted by atomic mass is 32.2. The Bertz CT molecular complexity index is 629. The molecule has 0 amide bonds. The zero-order valence-electron chi connectivity index (χ0n) is 13.4. The molecule has 0 aliphatic carbocycles. The summed E-state index contributed by atoms with van der Waals surface area (Å²) in [4.78, 5) is 2.39. The minimum Gasteiger partial charge on any atom is -0.484 e.